The summed E-state index contributed by atoms with van der Waals surface area (Å²) in [5, 5.41) is 51.7. The van der Waals surface area contributed by atoms with E-state index in [0.717, 1.165) is 7.11 Å². The van der Waals surface area contributed by atoms with Gasteiger partial charge < -0.3 is 45.1 Å². The first-order valence-electron chi connectivity index (χ1n) is 7.98. The minimum Gasteiger partial charge on any atom is -0.465 e. The Morgan fingerprint density at radius 2 is 1.92 bits per heavy atom. The molecule has 1 aliphatic rings. The standard InChI is InChI=1S/C15H27NO10/c1-14(2,3)26-13(22)16-9-7(18)5-15(23,12(21)24-4)25-11(9)10(20)8(19)6-17/h7-11,17-20,23H,5-6H2,1-4H3,(H,16,22)/t7-,8+,9+,10-,11+,15?/m0/s1. The molecule has 0 saturated carbocycles. The third-order valence-corrected chi connectivity index (χ3v) is 3.69. The van der Waals surface area contributed by atoms with E-state index in [2.05, 4.69) is 10.1 Å². The molecule has 6 N–H and O–H groups in total. The molecule has 1 fully saturated rings. The van der Waals surface area contributed by atoms with Gasteiger partial charge in [-0.2, -0.15) is 0 Å². The van der Waals surface area contributed by atoms with E-state index in [1.165, 1.54) is 0 Å². The predicted octanol–water partition coefficient (Wildman–Crippen LogP) is -2.39. The van der Waals surface area contributed by atoms with Crippen molar-refractivity contribution in [1.29, 1.82) is 0 Å². The molecule has 26 heavy (non-hydrogen) atoms. The molecule has 1 rings (SSSR count). The van der Waals surface area contributed by atoms with E-state index in [0.29, 0.717) is 0 Å². The van der Waals surface area contributed by atoms with E-state index in [1.54, 1.807) is 20.8 Å². The van der Waals surface area contributed by atoms with Gasteiger partial charge in [-0.3, -0.25) is 0 Å². The van der Waals surface area contributed by atoms with Gasteiger partial charge in [0.25, 0.3) is 5.79 Å². The third kappa shape index (κ3) is 5.50. The Morgan fingerprint density at radius 1 is 1.35 bits per heavy atom. The lowest BCUT2D eigenvalue weighted by Crippen LogP contribution is -2.67. The lowest BCUT2D eigenvalue weighted by atomic mass is 9.89. The maximum Gasteiger partial charge on any atom is 0.408 e. The fraction of sp³-hybridized carbons (Fsp3) is 0.867. The first kappa shape index (κ1) is 22.5. The Labute approximate surface area is 150 Å². The van der Waals surface area contributed by atoms with Crippen LogP contribution < -0.4 is 5.32 Å². The van der Waals surface area contributed by atoms with Crippen LogP contribution in [0, 0.1) is 0 Å². The Bertz CT molecular complexity index is 507. The summed E-state index contributed by atoms with van der Waals surface area (Å²) in [4.78, 5) is 23.7. The lowest BCUT2D eigenvalue weighted by Gasteiger charge is -2.45. The molecule has 0 aromatic heterocycles. The number of amides is 1. The van der Waals surface area contributed by atoms with Crippen LogP contribution in [0.5, 0.6) is 0 Å². The van der Waals surface area contributed by atoms with Gasteiger partial charge >= 0.3 is 12.1 Å². The van der Waals surface area contributed by atoms with Crippen LogP contribution in [0.15, 0.2) is 0 Å². The maximum atomic E-state index is 12.0. The highest BCUT2D eigenvalue weighted by molar-refractivity contribution is 5.77. The van der Waals surface area contributed by atoms with Crippen molar-refractivity contribution in [2.75, 3.05) is 13.7 Å². The number of methoxy groups -OCH3 is 1. The summed E-state index contributed by atoms with van der Waals surface area (Å²) in [6.45, 7) is 3.96. The molecular formula is C15H27NO10. The second-order valence-corrected chi connectivity index (χ2v) is 7.04. The molecule has 1 aliphatic heterocycles. The third-order valence-electron chi connectivity index (χ3n) is 3.69. The molecule has 11 nitrogen and oxygen atoms in total. The van der Waals surface area contributed by atoms with Crippen molar-refractivity contribution in [3.8, 4) is 0 Å². The molecule has 1 amide bonds. The van der Waals surface area contributed by atoms with Gasteiger partial charge in [0.15, 0.2) is 0 Å². The zero-order valence-electron chi connectivity index (χ0n) is 15.1. The molecule has 0 spiro atoms. The fourth-order valence-electron chi connectivity index (χ4n) is 2.50. The zero-order valence-corrected chi connectivity index (χ0v) is 15.1. The van der Waals surface area contributed by atoms with Crippen LogP contribution in [0.25, 0.3) is 0 Å². The van der Waals surface area contributed by atoms with Gasteiger partial charge in [-0.15, -0.1) is 0 Å². The minimum atomic E-state index is -2.61. The summed E-state index contributed by atoms with van der Waals surface area (Å²) in [7, 11) is 0.981. The Kier molecular flexibility index (Phi) is 7.33. The number of aliphatic hydroxyl groups excluding tert-OH is 4. The highest BCUT2D eigenvalue weighted by Crippen LogP contribution is 2.31. The number of ether oxygens (including phenoxy) is 3. The molecule has 6 atom stereocenters. The number of aliphatic hydroxyl groups is 5. The zero-order chi connectivity index (χ0) is 20.3. The highest BCUT2D eigenvalue weighted by Gasteiger charge is 2.54. The largest absolute Gasteiger partial charge is 0.465 e. The van der Waals surface area contributed by atoms with E-state index < -0.39 is 66.9 Å². The van der Waals surface area contributed by atoms with Gasteiger partial charge in [0, 0.05) is 6.42 Å². The van der Waals surface area contributed by atoms with E-state index >= 15 is 0 Å². The van der Waals surface area contributed by atoms with Crippen molar-refractivity contribution in [2.24, 2.45) is 0 Å². The number of nitrogens with one attached hydrogen (secondary N) is 1. The van der Waals surface area contributed by atoms with Gasteiger partial charge in [-0.25, -0.2) is 9.59 Å². The summed E-state index contributed by atoms with van der Waals surface area (Å²) in [5.41, 5.74) is -0.851. The number of hydrogen-bond donors (Lipinski definition) is 6. The SMILES string of the molecule is COC(=O)C1(O)C[C@H](O)[C@@H](NC(=O)OC(C)(C)C)[C@H]([C@@H](O)[C@H](O)CO)O1. The number of esters is 1. The molecule has 0 aromatic carbocycles. The van der Waals surface area contributed by atoms with E-state index in [4.69, 9.17) is 14.6 Å². The van der Waals surface area contributed by atoms with Crippen LogP contribution in [-0.4, -0.2) is 93.2 Å². The number of alkyl carbamates (subject to hydrolysis) is 1. The van der Waals surface area contributed by atoms with Crippen molar-refractivity contribution in [1.82, 2.24) is 5.32 Å². The summed E-state index contributed by atoms with van der Waals surface area (Å²) in [6, 6.07) is -1.36. The first-order valence-corrected chi connectivity index (χ1v) is 7.98. The van der Waals surface area contributed by atoms with Crippen molar-refractivity contribution in [3.05, 3.63) is 0 Å². The van der Waals surface area contributed by atoms with Crippen LogP contribution in [0.3, 0.4) is 0 Å². The predicted molar refractivity (Wildman–Crippen MR) is 84.7 cm³/mol. The topological polar surface area (TPSA) is 175 Å². The molecule has 1 unspecified atom stereocenters. The molecule has 1 saturated heterocycles. The van der Waals surface area contributed by atoms with Crippen molar-refractivity contribution in [2.45, 2.75) is 69.0 Å². The molecule has 0 aliphatic carbocycles. The minimum absolute atomic E-state index is 0.668. The number of carbonyl (C=O) groups excluding carboxylic acids is 2. The quantitative estimate of drug-likeness (QED) is 0.282. The second-order valence-electron chi connectivity index (χ2n) is 7.04. The van der Waals surface area contributed by atoms with Crippen LogP contribution in [-0.2, 0) is 19.0 Å². The average molecular weight is 381 g/mol. The van der Waals surface area contributed by atoms with Gasteiger partial charge in [-0.05, 0) is 20.8 Å². The highest BCUT2D eigenvalue weighted by atomic mass is 16.7. The van der Waals surface area contributed by atoms with Crippen LogP contribution in [0.2, 0.25) is 0 Å². The Balaban J connectivity index is 3.09. The van der Waals surface area contributed by atoms with Crippen LogP contribution >= 0.6 is 0 Å². The average Bonchev–Trinajstić information content (AvgIpc) is 2.53. The van der Waals surface area contributed by atoms with Gasteiger partial charge in [0.05, 0.1) is 25.9 Å². The summed E-state index contributed by atoms with van der Waals surface area (Å²) < 4.78 is 14.6. The summed E-state index contributed by atoms with van der Waals surface area (Å²) in [5.74, 6) is -3.84. The maximum absolute atomic E-state index is 12.0. The Hall–Kier alpha value is -1.50. The molecule has 11 heteroatoms. The van der Waals surface area contributed by atoms with E-state index in [1.807, 2.05) is 0 Å². The van der Waals surface area contributed by atoms with Crippen LogP contribution in [0.4, 0.5) is 4.79 Å². The smallest absolute Gasteiger partial charge is 0.408 e. The van der Waals surface area contributed by atoms with Gasteiger partial charge in [0.1, 0.15) is 23.9 Å². The monoisotopic (exact) mass is 381 g/mol. The lowest BCUT2D eigenvalue weighted by molar-refractivity contribution is -0.296. The summed E-state index contributed by atoms with van der Waals surface area (Å²) >= 11 is 0. The number of hydrogen-bond acceptors (Lipinski definition) is 10. The van der Waals surface area contributed by atoms with Crippen molar-refractivity contribution in [3.63, 3.8) is 0 Å². The van der Waals surface area contributed by atoms with Crippen LogP contribution in [0.1, 0.15) is 27.2 Å². The first-order chi connectivity index (χ1) is 11.8. The van der Waals surface area contributed by atoms with Gasteiger partial charge in [0.2, 0.25) is 0 Å². The second kappa shape index (κ2) is 8.46. The summed E-state index contributed by atoms with van der Waals surface area (Å²) in [6.07, 6.45) is -8.42. The number of carbonyl (C=O) groups is 2. The normalized spacial score (nSPS) is 31.7. The molecule has 0 bridgehead atoms. The van der Waals surface area contributed by atoms with Gasteiger partial charge in [-0.1, -0.05) is 0 Å². The Morgan fingerprint density at radius 3 is 2.38 bits per heavy atom. The fourth-order valence-corrected chi connectivity index (χ4v) is 2.50. The number of rotatable bonds is 5. The molecular weight excluding hydrogens is 354 g/mol. The molecule has 152 valence electrons. The molecule has 1 heterocycles. The van der Waals surface area contributed by atoms with E-state index in [-0.39, 0.29) is 0 Å². The van der Waals surface area contributed by atoms with Crippen molar-refractivity contribution < 1.29 is 49.3 Å². The van der Waals surface area contributed by atoms with Crippen molar-refractivity contribution >= 4 is 12.1 Å². The molecule has 0 radical (unpaired) electrons. The molecule has 0 aromatic rings. The van der Waals surface area contributed by atoms with E-state index in [9.17, 15) is 30.0 Å².